The highest BCUT2D eigenvalue weighted by molar-refractivity contribution is 8.00. The van der Waals surface area contributed by atoms with Crippen molar-refractivity contribution >= 4 is 23.5 Å². The van der Waals surface area contributed by atoms with Crippen molar-refractivity contribution < 1.29 is 0 Å². The summed E-state index contributed by atoms with van der Waals surface area (Å²) in [5.74, 6) is 1.06. The number of hydrogen-bond donors (Lipinski definition) is 1. The van der Waals surface area contributed by atoms with E-state index in [2.05, 4.69) is 49.2 Å². The highest BCUT2D eigenvalue weighted by Crippen LogP contribution is 2.34. The van der Waals surface area contributed by atoms with E-state index in [1.807, 2.05) is 18.7 Å². The van der Waals surface area contributed by atoms with Crippen molar-refractivity contribution in [2.75, 3.05) is 5.75 Å². The van der Waals surface area contributed by atoms with Gasteiger partial charge in [0.15, 0.2) is 0 Å². The van der Waals surface area contributed by atoms with Gasteiger partial charge >= 0.3 is 0 Å². The minimum absolute atomic E-state index is 0.566. The standard InChI is InChI=1S/C16H20N2S2/c1-4-19-14-6-5-7-15(13(14)10-17)20-16-9-11(2)8-12(3)18-16/h5-9H,4,10,17H2,1-3H3. The molecule has 0 amide bonds. The van der Waals surface area contributed by atoms with E-state index in [0.29, 0.717) is 6.54 Å². The monoisotopic (exact) mass is 304 g/mol. The van der Waals surface area contributed by atoms with Gasteiger partial charge in [-0.3, -0.25) is 0 Å². The lowest BCUT2D eigenvalue weighted by Gasteiger charge is -2.12. The largest absolute Gasteiger partial charge is 0.326 e. The zero-order chi connectivity index (χ0) is 14.5. The normalized spacial score (nSPS) is 10.8. The molecule has 0 fully saturated rings. The van der Waals surface area contributed by atoms with Gasteiger partial charge in [0.05, 0.1) is 0 Å². The van der Waals surface area contributed by atoms with Crippen molar-refractivity contribution in [3.05, 3.63) is 47.2 Å². The van der Waals surface area contributed by atoms with Gasteiger partial charge in [0.2, 0.25) is 0 Å². The lowest BCUT2D eigenvalue weighted by atomic mass is 10.2. The van der Waals surface area contributed by atoms with E-state index in [9.17, 15) is 0 Å². The molecule has 0 unspecified atom stereocenters. The van der Waals surface area contributed by atoms with E-state index >= 15 is 0 Å². The number of pyridine rings is 1. The number of benzene rings is 1. The Morgan fingerprint density at radius 1 is 1.15 bits per heavy atom. The second kappa shape index (κ2) is 7.16. The molecule has 0 saturated carbocycles. The van der Waals surface area contributed by atoms with E-state index in [-0.39, 0.29) is 0 Å². The predicted octanol–water partition coefficient (Wildman–Crippen LogP) is 4.42. The van der Waals surface area contributed by atoms with Crippen LogP contribution in [0.3, 0.4) is 0 Å². The van der Waals surface area contributed by atoms with E-state index in [1.54, 1.807) is 11.8 Å². The fourth-order valence-electron chi connectivity index (χ4n) is 2.10. The van der Waals surface area contributed by atoms with Crippen LogP contribution in [0.15, 0.2) is 45.1 Å². The van der Waals surface area contributed by atoms with Gasteiger partial charge in [-0.25, -0.2) is 4.98 Å². The van der Waals surface area contributed by atoms with Crippen LogP contribution >= 0.6 is 23.5 Å². The third-order valence-electron chi connectivity index (χ3n) is 2.88. The number of rotatable bonds is 5. The molecule has 0 aliphatic rings. The van der Waals surface area contributed by atoms with Crippen molar-refractivity contribution in [2.24, 2.45) is 5.73 Å². The minimum Gasteiger partial charge on any atom is -0.326 e. The Morgan fingerprint density at radius 3 is 2.55 bits per heavy atom. The highest BCUT2D eigenvalue weighted by atomic mass is 32.2. The third-order valence-corrected chi connectivity index (χ3v) is 4.89. The van der Waals surface area contributed by atoms with E-state index < -0.39 is 0 Å². The molecule has 106 valence electrons. The topological polar surface area (TPSA) is 38.9 Å². The van der Waals surface area contributed by atoms with Gasteiger partial charge in [0.25, 0.3) is 0 Å². The van der Waals surface area contributed by atoms with Crippen LogP contribution in [0.4, 0.5) is 0 Å². The van der Waals surface area contributed by atoms with Gasteiger partial charge < -0.3 is 5.73 Å². The first-order chi connectivity index (χ1) is 9.63. The summed E-state index contributed by atoms with van der Waals surface area (Å²) in [6.45, 7) is 6.86. The zero-order valence-corrected chi connectivity index (χ0v) is 13.8. The maximum atomic E-state index is 5.95. The summed E-state index contributed by atoms with van der Waals surface area (Å²) in [6, 6.07) is 10.6. The molecule has 0 bridgehead atoms. The molecule has 0 atom stereocenters. The molecule has 0 aliphatic heterocycles. The quantitative estimate of drug-likeness (QED) is 0.830. The molecular weight excluding hydrogens is 284 g/mol. The maximum absolute atomic E-state index is 5.95. The lowest BCUT2D eigenvalue weighted by Crippen LogP contribution is -2.01. The van der Waals surface area contributed by atoms with Gasteiger partial charge in [-0.05, 0) is 55.0 Å². The summed E-state index contributed by atoms with van der Waals surface area (Å²) in [5, 5.41) is 1.04. The van der Waals surface area contributed by atoms with Crippen molar-refractivity contribution in [3.8, 4) is 0 Å². The van der Waals surface area contributed by atoms with Crippen molar-refractivity contribution in [3.63, 3.8) is 0 Å². The van der Waals surface area contributed by atoms with Gasteiger partial charge in [0.1, 0.15) is 5.03 Å². The molecule has 1 aromatic heterocycles. The number of nitrogens with zero attached hydrogens (tertiary/aromatic N) is 1. The Balaban J connectivity index is 2.35. The van der Waals surface area contributed by atoms with Crippen LogP contribution in [-0.2, 0) is 6.54 Å². The van der Waals surface area contributed by atoms with Crippen LogP contribution in [0, 0.1) is 13.8 Å². The number of thioether (sulfide) groups is 1. The SMILES string of the molecule is CCSc1cccc(Sc2cc(C)cc(C)n2)c1CN. The highest BCUT2D eigenvalue weighted by Gasteiger charge is 2.09. The van der Waals surface area contributed by atoms with E-state index in [0.717, 1.165) is 16.5 Å². The van der Waals surface area contributed by atoms with Gasteiger partial charge in [0, 0.05) is 22.0 Å². The smallest absolute Gasteiger partial charge is 0.101 e. The van der Waals surface area contributed by atoms with Crippen molar-refractivity contribution in [1.82, 2.24) is 4.98 Å². The molecule has 1 heterocycles. The molecular formula is C16H20N2S2. The molecule has 20 heavy (non-hydrogen) atoms. The Hall–Kier alpha value is -0.970. The molecule has 2 aromatic rings. The summed E-state index contributed by atoms with van der Waals surface area (Å²) in [6.07, 6.45) is 0. The maximum Gasteiger partial charge on any atom is 0.101 e. The molecule has 2 N–H and O–H groups in total. The Kier molecular flexibility index (Phi) is 5.52. The van der Waals surface area contributed by atoms with E-state index in [4.69, 9.17) is 5.73 Å². The Bertz CT molecular complexity index is 577. The molecule has 0 radical (unpaired) electrons. The Morgan fingerprint density at radius 2 is 1.90 bits per heavy atom. The Labute approximate surface area is 129 Å². The van der Waals surface area contributed by atoms with E-state index in [1.165, 1.54) is 20.9 Å². The first-order valence-corrected chi connectivity index (χ1v) is 8.52. The number of aryl methyl sites for hydroxylation is 2. The van der Waals surface area contributed by atoms with Crippen LogP contribution in [-0.4, -0.2) is 10.7 Å². The molecule has 0 spiro atoms. The number of nitrogens with two attached hydrogens (primary N) is 1. The predicted molar refractivity (Wildman–Crippen MR) is 88.6 cm³/mol. The summed E-state index contributed by atoms with van der Waals surface area (Å²) in [4.78, 5) is 7.09. The van der Waals surface area contributed by atoms with Crippen LogP contribution in [0.25, 0.3) is 0 Å². The average molecular weight is 304 g/mol. The summed E-state index contributed by atoms with van der Waals surface area (Å²) < 4.78 is 0. The summed E-state index contributed by atoms with van der Waals surface area (Å²) >= 11 is 3.55. The molecule has 0 saturated heterocycles. The third kappa shape index (κ3) is 3.78. The number of hydrogen-bond acceptors (Lipinski definition) is 4. The molecule has 2 nitrogen and oxygen atoms in total. The van der Waals surface area contributed by atoms with Crippen LogP contribution in [0.1, 0.15) is 23.7 Å². The first kappa shape index (κ1) is 15.4. The molecule has 4 heteroatoms. The first-order valence-electron chi connectivity index (χ1n) is 6.72. The van der Waals surface area contributed by atoms with Crippen LogP contribution in [0.2, 0.25) is 0 Å². The minimum atomic E-state index is 0.566. The van der Waals surface area contributed by atoms with Crippen LogP contribution < -0.4 is 5.73 Å². The average Bonchev–Trinajstić information content (AvgIpc) is 2.38. The fraction of sp³-hybridized carbons (Fsp3) is 0.312. The lowest BCUT2D eigenvalue weighted by molar-refractivity contribution is 0.975. The van der Waals surface area contributed by atoms with Crippen LogP contribution in [0.5, 0.6) is 0 Å². The van der Waals surface area contributed by atoms with Crippen molar-refractivity contribution in [2.45, 2.75) is 42.1 Å². The van der Waals surface area contributed by atoms with Gasteiger partial charge in [-0.1, -0.05) is 24.8 Å². The fourth-order valence-corrected chi connectivity index (χ4v) is 4.14. The van der Waals surface area contributed by atoms with Crippen molar-refractivity contribution in [1.29, 1.82) is 0 Å². The zero-order valence-electron chi connectivity index (χ0n) is 12.1. The van der Waals surface area contributed by atoms with Gasteiger partial charge in [-0.15, -0.1) is 11.8 Å². The molecule has 0 aliphatic carbocycles. The van der Waals surface area contributed by atoms with Gasteiger partial charge in [-0.2, -0.15) is 0 Å². The number of aromatic nitrogens is 1. The second-order valence-electron chi connectivity index (χ2n) is 4.60. The summed E-state index contributed by atoms with van der Waals surface area (Å²) in [5.41, 5.74) is 9.48. The summed E-state index contributed by atoms with van der Waals surface area (Å²) in [7, 11) is 0. The molecule has 2 rings (SSSR count). The second-order valence-corrected chi connectivity index (χ2v) is 6.96. The molecule has 1 aromatic carbocycles.